The standard InChI is InChI=1S/C17H23NO3/c1-12(2)13-4-3-5-15(8-13)21-9-16(19)18-10-17(20,11-18)14-6-7-14/h3-5,8,12,14,20H,6-7,9-11H2,1-2H3. The summed E-state index contributed by atoms with van der Waals surface area (Å²) >= 11 is 0. The van der Waals surface area contributed by atoms with Crippen LogP contribution < -0.4 is 4.74 Å². The molecule has 0 atom stereocenters. The molecular formula is C17H23NO3. The number of likely N-dealkylation sites (tertiary alicyclic amines) is 1. The van der Waals surface area contributed by atoms with Gasteiger partial charge in [0.15, 0.2) is 6.61 Å². The van der Waals surface area contributed by atoms with Crippen molar-refractivity contribution in [2.75, 3.05) is 19.7 Å². The molecule has 2 fully saturated rings. The van der Waals surface area contributed by atoms with Crippen molar-refractivity contribution in [3.63, 3.8) is 0 Å². The lowest BCUT2D eigenvalue weighted by Crippen LogP contribution is -2.65. The number of nitrogens with zero attached hydrogens (tertiary/aromatic N) is 1. The molecule has 1 aromatic carbocycles. The number of amides is 1. The van der Waals surface area contributed by atoms with Gasteiger partial charge in [0.2, 0.25) is 0 Å². The summed E-state index contributed by atoms with van der Waals surface area (Å²) in [6.45, 7) is 5.23. The summed E-state index contributed by atoms with van der Waals surface area (Å²) in [5.74, 6) is 1.53. The van der Waals surface area contributed by atoms with E-state index in [0.717, 1.165) is 18.6 Å². The van der Waals surface area contributed by atoms with Crippen molar-refractivity contribution in [3.05, 3.63) is 29.8 Å². The van der Waals surface area contributed by atoms with Gasteiger partial charge in [0.05, 0.1) is 13.1 Å². The van der Waals surface area contributed by atoms with Crippen LogP contribution in [-0.2, 0) is 4.79 Å². The van der Waals surface area contributed by atoms with Gasteiger partial charge in [-0.1, -0.05) is 26.0 Å². The van der Waals surface area contributed by atoms with E-state index in [1.165, 1.54) is 5.56 Å². The molecule has 1 aliphatic carbocycles. The van der Waals surface area contributed by atoms with Crippen molar-refractivity contribution in [2.45, 2.75) is 38.2 Å². The number of hydrogen-bond donors (Lipinski definition) is 1. The Morgan fingerprint density at radius 1 is 1.43 bits per heavy atom. The summed E-state index contributed by atoms with van der Waals surface area (Å²) in [4.78, 5) is 13.7. The van der Waals surface area contributed by atoms with Crippen LogP contribution in [0.5, 0.6) is 5.75 Å². The molecule has 4 nitrogen and oxygen atoms in total. The molecule has 0 radical (unpaired) electrons. The van der Waals surface area contributed by atoms with Crippen LogP contribution in [0, 0.1) is 5.92 Å². The van der Waals surface area contributed by atoms with E-state index in [9.17, 15) is 9.90 Å². The second kappa shape index (κ2) is 5.34. The third-order valence-corrected chi connectivity index (χ3v) is 4.51. The van der Waals surface area contributed by atoms with Gasteiger partial charge in [-0.3, -0.25) is 4.79 Å². The van der Waals surface area contributed by atoms with Crippen LogP contribution in [0.2, 0.25) is 0 Å². The second-order valence-corrected chi connectivity index (χ2v) is 6.64. The summed E-state index contributed by atoms with van der Waals surface area (Å²) in [5, 5.41) is 10.2. The lowest BCUT2D eigenvalue weighted by atomic mass is 9.89. The van der Waals surface area contributed by atoms with Gasteiger partial charge in [0.25, 0.3) is 5.91 Å². The minimum Gasteiger partial charge on any atom is -0.484 e. The largest absolute Gasteiger partial charge is 0.484 e. The molecule has 0 spiro atoms. The summed E-state index contributed by atoms with van der Waals surface area (Å²) in [6.07, 6.45) is 2.19. The average molecular weight is 289 g/mol. The van der Waals surface area contributed by atoms with Gasteiger partial charge in [-0.25, -0.2) is 0 Å². The lowest BCUT2D eigenvalue weighted by molar-refractivity contribution is -0.161. The van der Waals surface area contributed by atoms with E-state index in [-0.39, 0.29) is 12.5 Å². The van der Waals surface area contributed by atoms with Gasteiger partial charge in [0, 0.05) is 0 Å². The molecule has 3 rings (SSSR count). The Balaban J connectivity index is 1.49. The maximum atomic E-state index is 12.0. The molecule has 1 saturated carbocycles. The van der Waals surface area contributed by atoms with E-state index >= 15 is 0 Å². The highest BCUT2D eigenvalue weighted by Crippen LogP contribution is 2.44. The first kappa shape index (κ1) is 14.4. The number of hydrogen-bond acceptors (Lipinski definition) is 3. The van der Waals surface area contributed by atoms with Crippen LogP contribution in [0.25, 0.3) is 0 Å². The van der Waals surface area contributed by atoms with Crippen molar-refractivity contribution in [1.82, 2.24) is 4.90 Å². The Kier molecular flexibility index (Phi) is 3.66. The number of carbonyl (C=O) groups excluding carboxylic acids is 1. The van der Waals surface area contributed by atoms with Crippen LogP contribution in [0.4, 0.5) is 0 Å². The number of ether oxygens (including phenoxy) is 1. The first-order valence-corrected chi connectivity index (χ1v) is 7.71. The molecule has 0 unspecified atom stereocenters. The van der Waals surface area contributed by atoms with E-state index in [2.05, 4.69) is 19.9 Å². The number of benzene rings is 1. The molecule has 0 aromatic heterocycles. The van der Waals surface area contributed by atoms with Gasteiger partial charge in [-0.2, -0.15) is 0 Å². The predicted molar refractivity (Wildman–Crippen MR) is 80.3 cm³/mol. The topological polar surface area (TPSA) is 49.8 Å². The Morgan fingerprint density at radius 2 is 2.14 bits per heavy atom. The van der Waals surface area contributed by atoms with Gasteiger partial charge >= 0.3 is 0 Å². The van der Waals surface area contributed by atoms with E-state index < -0.39 is 5.60 Å². The normalized spacial score (nSPS) is 20.3. The van der Waals surface area contributed by atoms with Crippen LogP contribution in [0.3, 0.4) is 0 Å². The van der Waals surface area contributed by atoms with Crippen LogP contribution in [-0.4, -0.2) is 41.2 Å². The summed E-state index contributed by atoms with van der Waals surface area (Å²) in [5.41, 5.74) is 0.583. The van der Waals surface area contributed by atoms with Crippen molar-refractivity contribution in [1.29, 1.82) is 0 Å². The van der Waals surface area contributed by atoms with Crippen molar-refractivity contribution in [3.8, 4) is 5.75 Å². The number of rotatable bonds is 5. The second-order valence-electron chi connectivity index (χ2n) is 6.64. The molecule has 4 heteroatoms. The van der Waals surface area contributed by atoms with Crippen molar-refractivity contribution >= 4 is 5.91 Å². The molecule has 1 heterocycles. The zero-order valence-corrected chi connectivity index (χ0v) is 12.7. The predicted octanol–water partition coefficient (Wildman–Crippen LogP) is 2.17. The minimum atomic E-state index is -0.618. The zero-order valence-electron chi connectivity index (χ0n) is 12.7. The highest BCUT2D eigenvalue weighted by atomic mass is 16.5. The monoisotopic (exact) mass is 289 g/mol. The maximum absolute atomic E-state index is 12.0. The first-order chi connectivity index (χ1) is 9.98. The molecule has 0 bridgehead atoms. The van der Waals surface area contributed by atoms with Crippen LogP contribution >= 0.6 is 0 Å². The van der Waals surface area contributed by atoms with E-state index in [4.69, 9.17) is 4.74 Å². The summed E-state index contributed by atoms with van der Waals surface area (Å²) in [6, 6.07) is 7.86. The molecule has 2 aliphatic rings. The van der Waals surface area contributed by atoms with E-state index in [0.29, 0.717) is 24.9 Å². The molecule has 1 saturated heterocycles. The third-order valence-electron chi connectivity index (χ3n) is 4.51. The van der Waals surface area contributed by atoms with Gasteiger partial charge in [-0.15, -0.1) is 0 Å². The Hall–Kier alpha value is -1.55. The minimum absolute atomic E-state index is 0.0439. The Morgan fingerprint density at radius 3 is 2.76 bits per heavy atom. The SMILES string of the molecule is CC(C)c1cccc(OCC(=O)N2CC(O)(C3CC3)C2)c1. The lowest BCUT2D eigenvalue weighted by Gasteiger charge is -2.46. The smallest absolute Gasteiger partial charge is 0.260 e. The van der Waals surface area contributed by atoms with E-state index in [1.54, 1.807) is 4.90 Å². The molecule has 1 aromatic rings. The first-order valence-electron chi connectivity index (χ1n) is 7.71. The molecular weight excluding hydrogens is 266 g/mol. The molecule has 114 valence electrons. The molecule has 21 heavy (non-hydrogen) atoms. The fourth-order valence-electron chi connectivity index (χ4n) is 2.87. The van der Waals surface area contributed by atoms with E-state index in [1.807, 2.05) is 18.2 Å². The Labute approximate surface area is 125 Å². The average Bonchev–Trinajstić information content (AvgIpc) is 3.26. The fourth-order valence-corrected chi connectivity index (χ4v) is 2.87. The van der Waals surface area contributed by atoms with Gasteiger partial charge in [0.1, 0.15) is 11.4 Å². The number of β-amino-alcohol motifs (C(OH)–C–C–N with tert-alkyl or cyclic N) is 1. The number of aliphatic hydroxyl groups is 1. The van der Waals surface area contributed by atoms with Crippen molar-refractivity contribution in [2.24, 2.45) is 5.92 Å². The summed E-state index contributed by atoms with van der Waals surface area (Å²) < 4.78 is 5.59. The van der Waals surface area contributed by atoms with Gasteiger partial charge in [-0.05, 0) is 42.4 Å². The maximum Gasteiger partial charge on any atom is 0.260 e. The summed E-state index contributed by atoms with van der Waals surface area (Å²) in [7, 11) is 0. The molecule has 1 aliphatic heterocycles. The van der Waals surface area contributed by atoms with Gasteiger partial charge < -0.3 is 14.7 Å². The quantitative estimate of drug-likeness (QED) is 0.904. The number of carbonyl (C=O) groups is 1. The zero-order chi connectivity index (χ0) is 15.0. The molecule has 1 amide bonds. The van der Waals surface area contributed by atoms with Crippen LogP contribution in [0.1, 0.15) is 38.2 Å². The highest BCUT2D eigenvalue weighted by Gasteiger charge is 2.53. The fraction of sp³-hybridized carbons (Fsp3) is 0.588. The van der Waals surface area contributed by atoms with Crippen molar-refractivity contribution < 1.29 is 14.6 Å². The molecule has 1 N–H and O–H groups in total. The third kappa shape index (κ3) is 3.05. The van der Waals surface area contributed by atoms with Crippen LogP contribution in [0.15, 0.2) is 24.3 Å². The Bertz CT molecular complexity index is 531. The highest BCUT2D eigenvalue weighted by molar-refractivity contribution is 5.79.